The van der Waals surface area contributed by atoms with Gasteiger partial charge >= 0.3 is 0 Å². The Labute approximate surface area is 131 Å². The van der Waals surface area contributed by atoms with E-state index in [1.54, 1.807) is 0 Å². The summed E-state index contributed by atoms with van der Waals surface area (Å²) in [4.78, 5) is 14.8. The average Bonchev–Trinajstić information content (AvgIpc) is 2.51. The summed E-state index contributed by atoms with van der Waals surface area (Å²) < 4.78 is 5.85. The van der Waals surface area contributed by atoms with Crippen LogP contribution in [0.3, 0.4) is 0 Å². The molecule has 0 aromatic heterocycles. The van der Waals surface area contributed by atoms with Crippen molar-refractivity contribution in [1.29, 1.82) is 0 Å². The third kappa shape index (κ3) is 3.20. The SMILES string of the molecule is CN(C)CC1CCc2ccc(Oc3ccccc3)cc2C1=O. The van der Waals surface area contributed by atoms with E-state index in [2.05, 4.69) is 4.90 Å². The van der Waals surface area contributed by atoms with Crippen LogP contribution in [0.1, 0.15) is 22.3 Å². The van der Waals surface area contributed by atoms with Crippen LogP contribution in [0.15, 0.2) is 48.5 Å². The van der Waals surface area contributed by atoms with Crippen LogP contribution in [0.4, 0.5) is 0 Å². The number of hydrogen-bond acceptors (Lipinski definition) is 3. The van der Waals surface area contributed by atoms with Crippen LogP contribution in [0.5, 0.6) is 11.5 Å². The number of benzene rings is 2. The molecule has 0 amide bonds. The Balaban J connectivity index is 1.83. The molecule has 0 aliphatic heterocycles. The predicted molar refractivity (Wildman–Crippen MR) is 87.7 cm³/mol. The standard InChI is InChI=1S/C19H21NO2/c1-20(2)13-15-9-8-14-10-11-17(12-18(14)19(15)21)22-16-6-4-3-5-7-16/h3-7,10-12,15H,8-9,13H2,1-2H3. The zero-order valence-electron chi connectivity index (χ0n) is 13.1. The molecular formula is C19H21NO2. The van der Waals surface area contributed by atoms with E-state index >= 15 is 0 Å². The third-order valence-electron chi connectivity index (χ3n) is 4.04. The van der Waals surface area contributed by atoms with Crippen molar-refractivity contribution in [3.05, 3.63) is 59.7 Å². The molecule has 2 aromatic carbocycles. The lowest BCUT2D eigenvalue weighted by atomic mass is 9.82. The summed E-state index contributed by atoms with van der Waals surface area (Å²) in [5.74, 6) is 1.85. The van der Waals surface area contributed by atoms with Gasteiger partial charge < -0.3 is 9.64 Å². The molecule has 22 heavy (non-hydrogen) atoms. The van der Waals surface area contributed by atoms with Gasteiger partial charge in [-0.2, -0.15) is 0 Å². The molecule has 0 heterocycles. The van der Waals surface area contributed by atoms with Crippen molar-refractivity contribution in [3.63, 3.8) is 0 Å². The maximum Gasteiger partial charge on any atom is 0.167 e. The fourth-order valence-corrected chi connectivity index (χ4v) is 2.99. The topological polar surface area (TPSA) is 29.5 Å². The molecule has 1 unspecified atom stereocenters. The van der Waals surface area contributed by atoms with Gasteiger partial charge in [-0.15, -0.1) is 0 Å². The molecule has 0 spiro atoms. The van der Waals surface area contributed by atoms with E-state index in [9.17, 15) is 4.79 Å². The largest absolute Gasteiger partial charge is 0.457 e. The first-order valence-electron chi connectivity index (χ1n) is 7.68. The second-order valence-electron chi connectivity index (χ2n) is 6.10. The summed E-state index contributed by atoms with van der Waals surface area (Å²) in [6, 6.07) is 15.5. The average molecular weight is 295 g/mol. The summed E-state index contributed by atoms with van der Waals surface area (Å²) in [6.07, 6.45) is 1.90. The number of Topliss-reactive ketones (excluding diaryl/α,β-unsaturated/α-hetero) is 1. The van der Waals surface area contributed by atoms with Gasteiger partial charge in [0.2, 0.25) is 0 Å². The molecule has 1 atom stereocenters. The van der Waals surface area contributed by atoms with Crippen LogP contribution in [0.2, 0.25) is 0 Å². The van der Waals surface area contributed by atoms with Crippen LogP contribution in [0.25, 0.3) is 0 Å². The normalized spacial score (nSPS) is 17.4. The molecule has 1 aliphatic carbocycles. The van der Waals surface area contributed by atoms with E-state index in [1.165, 1.54) is 0 Å². The van der Waals surface area contributed by atoms with Crippen LogP contribution < -0.4 is 4.74 Å². The highest BCUT2D eigenvalue weighted by Gasteiger charge is 2.28. The number of rotatable bonds is 4. The summed E-state index contributed by atoms with van der Waals surface area (Å²) >= 11 is 0. The first kappa shape index (κ1) is 14.8. The number of fused-ring (bicyclic) bond motifs is 1. The van der Waals surface area contributed by atoms with E-state index in [1.807, 2.05) is 62.6 Å². The van der Waals surface area contributed by atoms with E-state index in [0.717, 1.165) is 42.0 Å². The minimum Gasteiger partial charge on any atom is -0.457 e. The van der Waals surface area contributed by atoms with E-state index in [4.69, 9.17) is 4.74 Å². The van der Waals surface area contributed by atoms with Crippen molar-refractivity contribution in [1.82, 2.24) is 4.90 Å². The lowest BCUT2D eigenvalue weighted by Gasteiger charge is -2.26. The number of ether oxygens (including phenoxy) is 1. The van der Waals surface area contributed by atoms with Crippen LogP contribution in [-0.4, -0.2) is 31.3 Å². The Morgan fingerprint density at radius 3 is 2.59 bits per heavy atom. The summed E-state index contributed by atoms with van der Waals surface area (Å²) in [5, 5.41) is 0. The molecule has 114 valence electrons. The first-order valence-corrected chi connectivity index (χ1v) is 7.68. The highest BCUT2D eigenvalue weighted by molar-refractivity contribution is 6.00. The predicted octanol–water partition coefficient (Wildman–Crippen LogP) is 3.79. The van der Waals surface area contributed by atoms with Gasteiger partial charge in [-0.3, -0.25) is 4.79 Å². The fraction of sp³-hybridized carbons (Fsp3) is 0.316. The monoisotopic (exact) mass is 295 g/mol. The van der Waals surface area contributed by atoms with Gasteiger partial charge in [0.05, 0.1) is 0 Å². The number of carbonyl (C=O) groups excluding carboxylic acids is 1. The summed E-state index contributed by atoms with van der Waals surface area (Å²) in [6.45, 7) is 0.808. The summed E-state index contributed by atoms with van der Waals surface area (Å²) in [7, 11) is 4.02. The highest BCUT2D eigenvalue weighted by atomic mass is 16.5. The lowest BCUT2D eigenvalue weighted by Crippen LogP contribution is -2.31. The summed E-state index contributed by atoms with van der Waals surface area (Å²) in [5.41, 5.74) is 1.96. The highest BCUT2D eigenvalue weighted by Crippen LogP contribution is 2.30. The van der Waals surface area contributed by atoms with Gasteiger partial charge in [0.1, 0.15) is 11.5 Å². The minimum absolute atomic E-state index is 0.0921. The van der Waals surface area contributed by atoms with E-state index in [-0.39, 0.29) is 11.7 Å². The Morgan fingerprint density at radius 1 is 1.09 bits per heavy atom. The first-order chi connectivity index (χ1) is 10.6. The number of carbonyl (C=O) groups is 1. The van der Waals surface area contributed by atoms with Crippen molar-refractivity contribution in [2.24, 2.45) is 5.92 Å². The Morgan fingerprint density at radius 2 is 1.86 bits per heavy atom. The van der Waals surface area contributed by atoms with Crippen molar-refractivity contribution in [2.75, 3.05) is 20.6 Å². The van der Waals surface area contributed by atoms with Crippen LogP contribution in [0, 0.1) is 5.92 Å². The molecule has 3 heteroatoms. The molecular weight excluding hydrogens is 274 g/mol. The molecule has 0 saturated heterocycles. The Hall–Kier alpha value is -2.13. The molecule has 3 rings (SSSR count). The van der Waals surface area contributed by atoms with Gasteiger partial charge in [0.25, 0.3) is 0 Å². The van der Waals surface area contributed by atoms with Gasteiger partial charge in [-0.25, -0.2) is 0 Å². The zero-order valence-corrected chi connectivity index (χ0v) is 13.1. The number of aryl methyl sites for hydroxylation is 1. The second-order valence-corrected chi connectivity index (χ2v) is 6.10. The maximum absolute atomic E-state index is 12.7. The van der Waals surface area contributed by atoms with Crippen molar-refractivity contribution in [2.45, 2.75) is 12.8 Å². The van der Waals surface area contributed by atoms with Crippen LogP contribution in [-0.2, 0) is 6.42 Å². The molecule has 3 nitrogen and oxygen atoms in total. The van der Waals surface area contributed by atoms with Crippen LogP contribution >= 0.6 is 0 Å². The number of para-hydroxylation sites is 1. The minimum atomic E-state index is 0.0921. The number of ketones is 1. The smallest absolute Gasteiger partial charge is 0.167 e. The van der Waals surface area contributed by atoms with Crippen molar-refractivity contribution < 1.29 is 9.53 Å². The van der Waals surface area contributed by atoms with E-state index in [0.29, 0.717) is 0 Å². The molecule has 0 bridgehead atoms. The quantitative estimate of drug-likeness (QED) is 0.859. The van der Waals surface area contributed by atoms with Gasteiger partial charge in [0.15, 0.2) is 5.78 Å². The fourth-order valence-electron chi connectivity index (χ4n) is 2.99. The third-order valence-corrected chi connectivity index (χ3v) is 4.04. The Kier molecular flexibility index (Phi) is 4.25. The maximum atomic E-state index is 12.7. The van der Waals surface area contributed by atoms with Crippen molar-refractivity contribution >= 4 is 5.78 Å². The van der Waals surface area contributed by atoms with E-state index < -0.39 is 0 Å². The zero-order chi connectivity index (χ0) is 15.5. The lowest BCUT2D eigenvalue weighted by molar-refractivity contribution is 0.0877. The molecule has 0 radical (unpaired) electrons. The Bertz CT molecular complexity index is 664. The second kappa shape index (κ2) is 6.32. The molecule has 2 aromatic rings. The number of nitrogens with zero attached hydrogens (tertiary/aromatic N) is 1. The molecule has 0 saturated carbocycles. The molecule has 1 aliphatic rings. The molecule has 0 fully saturated rings. The van der Waals surface area contributed by atoms with Gasteiger partial charge in [-0.05, 0) is 56.8 Å². The molecule has 0 N–H and O–H groups in total. The van der Waals surface area contributed by atoms with Gasteiger partial charge in [0, 0.05) is 18.0 Å². The van der Waals surface area contributed by atoms with Crippen molar-refractivity contribution in [3.8, 4) is 11.5 Å². The van der Waals surface area contributed by atoms with Gasteiger partial charge in [-0.1, -0.05) is 24.3 Å². The number of hydrogen-bond donors (Lipinski definition) is 0.